The van der Waals surface area contributed by atoms with Crippen LogP contribution in [0.4, 0.5) is 0 Å². The van der Waals surface area contributed by atoms with E-state index in [2.05, 4.69) is 6.92 Å². The molecule has 0 radical (unpaired) electrons. The number of carbonyl (C=O) groups excluding carboxylic acids is 1. The van der Waals surface area contributed by atoms with Crippen molar-refractivity contribution in [2.45, 2.75) is 19.8 Å². The molecular weight excluding hydrogens is 334 g/mol. The van der Waals surface area contributed by atoms with Crippen molar-refractivity contribution in [1.29, 1.82) is 0 Å². The Morgan fingerprint density at radius 1 is 1.23 bits per heavy atom. The van der Waals surface area contributed by atoms with Gasteiger partial charge >= 0.3 is 5.97 Å². The van der Waals surface area contributed by atoms with E-state index in [4.69, 9.17) is 9.15 Å². The number of rotatable bonds is 6. The van der Waals surface area contributed by atoms with Crippen LogP contribution in [0.5, 0.6) is 0 Å². The number of benzene rings is 1. The maximum Gasteiger partial charge on any atom is 0.313 e. The lowest BCUT2D eigenvalue weighted by Gasteiger charge is -2.23. The summed E-state index contributed by atoms with van der Waals surface area (Å²) in [6.45, 7) is 2.67. The number of carboxylic acid groups (broad SMARTS) is 1. The second-order valence-corrected chi connectivity index (χ2v) is 6.71. The molecular formula is C20H23NO5. The fourth-order valence-electron chi connectivity index (χ4n) is 3.34. The molecule has 0 bridgehead atoms. The average molecular weight is 357 g/mol. The van der Waals surface area contributed by atoms with E-state index in [1.165, 1.54) is 17.6 Å². The van der Waals surface area contributed by atoms with Crippen LogP contribution < -0.4 is 0 Å². The van der Waals surface area contributed by atoms with E-state index < -0.39 is 11.4 Å². The number of hydrogen-bond donors (Lipinski definition) is 1. The first-order chi connectivity index (χ1) is 12.5. The van der Waals surface area contributed by atoms with Crippen LogP contribution in [0.2, 0.25) is 0 Å². The largest absolute Gasteiger partial charge is 0.481 e. The highest BCUT2D eigenvalue weighted by atomic mass is 16.5. The molecule has 1 aliphatic rings. The first-order valence-electron chi connectivity index (χ1n) is 8.70. The molecule has 26 heavy (non-hydrogen) atoms. The van der Waals surface area contributed by atoms with E-state index >= 15 is 0 Å². The molecule has 1 saturated heterocycles. The third-order valence-electron chi connectivity index (χ3n) is 4.98. The van der Waals surface area contributed by atoms with Gasteiger partial charge in [0.15, 0.2) is 5.76 Å². The number of aryl methyl sites for hydroxylation is 1. The number of hydrogen-bond acceptors (Lipinski definition) is 4. The summed E-state index contributed by atoms with van der Waals surface area (Å²) in [5.41, 5.74) is 1.09. The van der Waals surface area contributed by atoms with Gasteiger partial charge in [-0.15, -0.1) is 0 Å². The summed E-state index contributed by atoms with van der Waals surface area (Å²) in [5, 5.41) is 9.52. The molecule has 2 aromatic rings. The fourth-order valence-corrected chi connectivity index (χ4v) is 3.34. The molecule has 6 heteroatoms. The van der Waals surface area contributed by atoms with E-state index in [9.17, 15) is 14.7 Å². The summed E-state index contributed by atoms with van der Waals surface area (Å²) in [7, 11) is 1.47. The number of carboxylic acids is 1. The van der Waals surface area contributed by atoms with Gasteiger partial charge in [-0.2, -0.15) is 0 Å². The Morgan fingerprint density at radius 2 is 1.96 bits per heavy atom. The van der Waals surface area contributed by atoms with Crippen molar-refractivity contribution in [3.8, 4) is 11.3 Å². The summed E-state index contributed by atoms with van der Waals surface area (Å²) in [4.78, 5) is 25.8. The van der Waals surface area contributed by atoms with Crippen molar-refractivity contribution in [2.24, 2.45) is 5.41 Å². The monoisotopic (exact) mass is 357 g/mol. The van der Waals surface area contributed by atoms with Crippen LogP contribution in [0.1, 0.15) is 29.5 Å². The molecule has 0 spiro atoms. The lowest BCUT2D eigenvalue weighted by atomic mass is 9.88. The van der Waals surface area contributed by atoms with Gasteiger partial charge in [0.1, 0.15) is 11.2 Å². The number of methoxy groups -OCH3 is 1. The van der Waals surface area contributed by atoms with Crippen LogP contribution in [0, 0.1) is 5.41 Å². The van der Waals surface area contributed by atoms with Crippen LogP contribution in [-0.2, 0) is 16.0 Å². The van der Waals surface area contributed by atoms with Crippen molar-refractivity contribution >= 4 is 11.9 Å². The van der Waals surface area contributed by atoms with E-state index in [1.807, 2.05) is 24.3 Å². The Morgan fingerprint density at radius 3 is 2.58 bits per heavy atom. The Kier molecular flexibility index (Phi) is 5.13. The number of nitrogens with zero attached hydrogens (tertiary/aromatic N) is 1. The Bertz CT molecular complexity index is 795. The molecule has 1 unspecified atom stereocenters. The zero-order chi connectivity index (χ0) is 18.7. The minimum absolute atomic E-state index is 0.0826. The highest BCUT2D eigenvalue weighted by Crippen LogP contribution is 2.33. The maximum atomic E-state index is 12.7. The summed E-state index contributed by atoms with van der Waals surface area (Å²) in [6.07, 6.45) is 1.33. The van der Waals surface area contributed by atoms with Gasteiger partial charge in [0.25, 0.3) is 5.91 Å². The molecule has 0 aliphatic carbocycles. The van der Waals surface area contributed by atoms with Gasteiger partial charge in [-0.25, -0.2) is 0 Å². The molecule has 1 atom stereocenters. The molecule has 1 aromatic heterocycles. The Hall–Kier alpha value is -2.60. The normalized spacial score (nSPS) is 19.7. The zero-order valence-corrected chi connectivity index (χ0v) is 15.0. The van der Waals surface area contributed by atoms with Gasteiger partial charge in [-0.05, 0) is 30.5 Å². The Balaban J connectivity index is 1.75. The highest BCUT2D eigenvalue weighted by molar-refractivity contribution is 5.93. The molecule has 1 N–H and O–H groups in total. The molecule has 1 fully saturated rings. The first-order valence-corrected chi connectivity index (χ1v) is 8.70. The Labute approximate surface area is 152 Å². The summed E-state index contributed by atoms with van der Waals surface area (Å²) >= 11 is 0. The van der Waals surface area contributed by atoms with Crippen molar-refractivity contribution in [1.82, 2.24) is 4.90 Å². The first kappa shape index (κ1) is 18.2. The van der Waals surface area contributed by atoms with E-state index in [1.54, 1.807) is 12.1 Å². The van der Waals surface area contributed by atoms with Crippen LogP contribution in [0.25, 0.3) is 11.3 Å². The number of likely N-dealkylation sites (tertiary alicyclic amines) is 1. The smallest absolute Gasteiger partial charge is 0.313 e. The summed E-state index contributed by atoms with van der Waals surface area (Å²) < 4.78 is 10.8. The predicted molar refractivity (Wildman–Crippen MR) is 96.0 cm³/mol. The third kappa shape index (κ3) is 3.37. The number of aliphatic carboxylic acids is 1. The SMILES string of the molecule is CCc1ccc(-c2ccc(C(=O)N3CCC(COC)(C(=O)O)C3)o2)cc1. The van der Waals surface area contributed by atoms with Gasteiger partial charge in [0.2, 0.25) is 0 Å². The number of furan rings is 1. The van der Waals surface area contributed by atoms with Crippen molar-refractivity contribution in [2.75, 3.05) is 26.8 Å². The standard InChI is InChI=1S/C20H23NO5/c1-3-14-4-6-15(7-5-14)16-8-9-17(26-16)18(22)21-11-10-20(12-21,13-25-2)19(23)24/h4-9H,3,10-13H2,1-2H3,(H,23,24). The van der Waals surface area contributed by atoms with Gasteiger partial charge in [0.05, 0.1) is 6.61 Å². The molecule has 1 aromatic carbocycles. The lowest BCUT2D eigenvalue weighted by molar-refractivity contribution is -0.151. The zero-order valence-electron chi connectivity index (χ0n) is 15.0. The van der Waals surface area contributed by atoms with E-state index in [0.29, 0.717) is 18.7 Å². The van der Waals surface area contributed by atoms with Crippen molar-refractivity contribution < 1.29 is 23.8 Å². The van der Waals surface area contributed by atoms with Crippen molar-refractivity contribution in [3.05, 3.63) is 47.7 Å². The fraction of sp³-hybridized carbons (Fsp3) is 0.400. The number of ether oxygens (including phenoxy) is 1. The highest BCUT2D eigenvalue weighted by Gasteiger charge is 2.46. The van der Waals surface area contributed by atoms with Crippen LogP contribution >= 0.6 is 0 Å². The van der Waals surface area contributed by atoms with Crippen LogP contribution in [0.3, 0.4) is 0 Å². The molecule has 3 rings (SSSR count). The molecule has 0 saturated carbocycles. The molecule has 138 valence electrons. The van der Waals surface area contributed by atoms with Gasteiger partial charge < -0.3 is 19.2 Å². The maximum absolute atomic E-state index is 12.7. The summed E-state index contributed by atoms with van der Waals surface area (Å²) in [6, 6.07) is 11.4. The lowest BCUT2D eigenvalue weighted by Crippen LogP contribution is -2.40. The minimum Gasteiger partial charge on any atom is -0.481 e. The van der Waals surface area contributed by atoms with Gasteiger partial charge in [-0.1, -0.05) is 31.2 Å². The van der Waals surface area contributed by atoms with Crippen LogP contribution in [-0.4, -0.2) is 48.7 Å². The van der Waals surface area contributed by atoms with Crippen LogP contribution in [0.15, 0.2) is 40.8 Å². The second-order valence-electron chi connectivity index (χ2n) is 6.71. The average Bonchev–Trinajstić information content (AvgIpc) is 3.30. The molecule has 1 amide bonds. The number of carbonyl (C=O) groups is 2. The van der Waals surface area contributed by atoms with E-state index in [0.717, 1.165) is 12.0 Å². The van der Waals surface area contributed by atoms with Gasteiger partial charge in [0, 0.05) is 25.8 Å². The van der Waals surface area contributed by atoms with Crippen molar-refractivity contribution in [3.63, 3.8) is 0 Å². The number of amides is 1. The third-order valence-corrected chi connectivity index (χ3v) is 4.98. The minimum atomic E-state index is -1.05. The predicted octanol–water partition coefficient (Wildman–Crippen LogP) is 3.07. The van der Waals surface area contributed by atoms with Gasteiger partial charge in [-0.3, -0.25) is 9.59 Å². The van der Waals surface area contributed by atoms with E-state index in [-0.39, 0.29) is 24.8 Å². The second kappa shape index (κ2) is 7.33. The topological polar surface area (TPSA) is 80.0 Å². The molecule has 6 nitrogen and oxygen atoms in total. The quantitative estimate of drug-likeness (QED) is 0.859. The molecule has 1 aliphatic heterocycles. The molecule has 2 heterocycles. The summed E-state index contributed by atoms with van der Waals surface area (Å²) in [5.74, 6) is -0.388.